The molecule has 1 saturated heterocycles. The van der Waals surface area contributed by atoms with E-state index in [1.54, 1.807) is 0 Å². The molecule has 1 aliphatic rings. The summed E-state index contributed by atoms with van der Waals surface area (Å²) in [5, 5.41) is 13.7. The smallest absolute Gasteiger partial charge is 0.131 e. The lowest BCUT2D eigenvalue weighted by Gasteiger charge is -2.31. The van der Waals surface area contributed by atoms with Crippen molar-refractivity contribution in [3.8, 4) is 11.5 Å². The zero-order chi connectivity index (χ0) is 26.2. The molecule has 4 rings (SSSR count). The quantitative estimate of drug-likeness (QED) is 0.246. The molecule has 37 heavy (non-hydrogen) atoms. The van der Waals surface area contributed by atoms with Crippen LogP contribution >= 0.6 is 50.5 Å². The minimum absolute atomic E-state index is 0.202. The predicted molar refractivity (Wildman–Crippen MR) is 154 cm³/mol. The second-order valence-electron chi connectivity index (χ2n) is 8.78. The number of benzene rings is 2. The number of nitrogens with zero attached hydrogens (tertiary/aromatic N) is 1. The summed E-state index contributed by atoms with van der Waals surface area (Å²) in [4.78, 5) is 0.561. The van der Waals surface area contributed by atoms with Gasteiger partial charge in [0.25, 0.3) is 0 Å². The SMILES string of the molecule is O=S(c1c(Cl)sc(Cl)c1Br)N1CCC(CNC[C@H](O)COc2ccc(OCc3ccccc3)cc2)CC1. The lowest BCUT2D eigenvalue weighted by atomic mass is 9.98. The van der Waals surface area contributed by atoms with Gasteiger partial charge in [0, 0.05) is 19.6 Å². The number of nitrogens with one attached hydrogen (secondary N) is 1. The topological polar surface area (TPSA) is 71.0 Å². The molecule has 2 N–H and O–H groups in total. The van der Waals surface area contributed by atoms with Gasteiger partial charge in [0.05, 0.1) is 9.37 Å². The number of hydrogen-bond acceptors (Lipinski definition) is 6. The van der Waals surface area contributed by atoms with Gasteiger partial charge >= 0.3 is 0 Å². The normalized spacial score (nSPS) is 16.4. The number of rotatable bonds is 12. The maximum absolute atomic E-state index is 13.0. The van der Waals surface area contributed by atoms with E-state index in [4.69, 9.17) is 32.7 Å². The molecule has 0 bridgehead atoms. The number of piperidine rings is 1. The molecule has 0 aliphatic carbocycles. The van der Waals surface area contributed by atoms with Crippen molar-refractivity contribution in [1.82, 2.24) is 9.62 Å². The number of hydrogen-bond donors (Lipinski definition) is 2. The Hall–Kier alpha value is -1.17. The lowest BCUT2D eigenvalue weighted by molar-refractivity contribution is 0.104. The highest BCUT2D eigenvalue weighted by molar-refractivity contribution is 9.10. The molecule has 0 amide bonds. The summed E-state index contributed by atoms with van der Waals surface area (Å²) >= 11 is 17.0. The Kier molecular flexibility index (Phi) is 11.1. The van der Waals surface area contributed by atoms with Crippen LogP contribution in [0.25, 0.3) is 0 Å². The molecule has 2 atom stereocenters. The maximum atomic E-state index is 13.0. The number of ether oxygens (including phenoxy) is 2. The molecule has 0 spiro atoms. The first-order valence-electron chi connectivity index (χ1n) is 12.0. The van der Waals surface area contributed by atoms with Crippen molar-refractivity contribution in [3.05, 3.63) is 73.3 Å². The first-order chi connectivity index (χ1) is 17.9. The minimum atomic E-state index is -1.34. The molecular formula is C26H29BrCl2N2O4S2. The molecule has 6 nitrogen and oxygen atoms in total. The average molecular weight is 648 g/mol. The Morgan fingerprint density at radius 3 is 2.32 bits per heavy atom. The van der Waals surface area contributed by atoms with Crippen molar-refractivity contribution in [2.75, 3.05) is 32.8 Å². The van der Waals surface area contributed by atoms with Crippen molar-refractivity contribution in [2.45, 2.75) is 30.4 Å². The van der Waals surface area contributed by atoms with Crippen molar-refractivity contribution < 1.29 is 18.8 Å². The van der Waals surface area contributed by atoms with Gasteiger partial charge in [0.15, 0.2) is 0 Å². The Morgan fingerprint density at radius 2 is 1.70 bits per heavy atom. The van der Waals surface area contributed by atoms with E-state index in [2.05, 4.69) is 21.2 Å². The van der Waals surface area contributed by atoms with Gasteiger partial charge in [-0.1, -0.05) is 53.5 Å². The van der Waals surface area contributed by atoms with Gasteiger partial charge in [-0.05, 0) is 71.1 Å². The number of halogens is 3. The molecule has 0 radical (unpaired) electrons. The average Bonchev–Trinajstić information content (AvgIpc) is 3.18. The minimum Gasteiger partial charge on any atom is -0.491 e. The highest BCUT2D eigenvalue weighted by atomic mass is 79.9. The van der Waals surface area contributed by atoms with E-state index in [0.29, 0.717) is 55.9 Å². The first-order valence-corrected chi connectivity index (χ1v) is 15.5. The maximum Gasteiger partial charge on any atom is 0.131 e. The second kappa shape index (κ2) is 14.3. The summed E-state index contributed by atoms with van der Waals surface area (Å²) in [7, 11) is -1.34. The van der Waals surface area contributed by atoms with Crippen molar-refractivity contribution >= 4 is 61.5 Å². The summed E-state index contributed by atoms with van der Waals surface area (Å²) in [5.74, 6) is 1.91. The zero-order valence-electron chi connectivity index (χ0n) is 20.1. The third-order valence-corrected chi connectivity index (χ3v) is 11.0. The van der Waals surface area contributed by atoms with Crippen LogP contribution in [0.4, 0.5) is 0 Å². The van der Waals surface area contributed by atoms with Gasteiger partial charge in [0.1, 0.15) is 50.5 Å². The summed E-state index contributed by atoms with van der Waals surface area (Å²) in [6.07, 6.45) is 1.21. The van der Waals surface area contributed by atoms with E-state index >= 15 is 0 Å². The monoisotopic (exact) mass is 646 g/mol. The van der Waals surface area contributed by atoms with E-state index in [0.717, 1.165) is 30.7 Å². The molecule has 1 fully saturated rings. The zero-order valence-corrected chi connectivity index (χ0v) is 24.8. The van der Waals surface area contributed by atoms with E-state index in [-0.39, 0.29) is 6.61 Å². The molecule has 1 aromatic heterocycles. The fraction of sp³-hybridized carbons (Fsp3) is 0.385. The molecule has 200 valence electrons. The van der Waals surface area contributed by atoms with Crippen LogP contribution in [0, 0.1) is 5.92 Å². The van der Waals surface area contributed by atoms with Crippen LogP contribution in [-0.4, -0.2) is 52.5 Å². The molecule has 2 aromatic carbocycles. The van der Waals surface area contributed by atoms with Crippen LogP contribution < -0.4 is 14.8 Å². The lowest BCUT2D eigenvalue weighted by Crippen LogP contribution is -2.40. The summed E-state index contributed by atoms with van der Waals surface area (Å²) < 4.78 is 28.0. The number of aliphatic hydroxyl groups is 1. The van der Waals surface area contributed by atoms with Gasteiger partial charge in [-0.15, -0.1) is 11.3 Å². The molecule has 1 aliphatic heterocycles. The fourth-order valence-corrected chi connectivity index (χ4v) is 8.24. The first kappa shape index (κ1) is 28.8. The Morgan fingerprint density at radius 1 is 1.05 bits per heavy atom. The molecule has 11 heteroatoms. The molecular weight excluding hydrogens is 619 g/mol. The van der Waals surface area contributed by atoms with Crippen LogP contribution in [0.5, 0.6) is 11.5 Å². The van der Waals surface area contributed by atoms with Gasteiger partial charge in [-0.25, -0.2) is 8.51 Å². The highest BCUT2D eigenvalue weighted by Gasteiger charge is 2.28. The summed E-state index contributed by atoms with van der Waals surface area (Å²) in [6, 6.07) is 17.4. The van der Waals surface area contributed by atoms with Crippen LogP contribution in [0.2, 0.25) is 8.67 Å². The fourth-order valence-electron chi connectivity index (χ4n) is 3.98. The molecule has 3 aromatic rings. The van der Waals surface area contributed by atoms with E-state index < -0.39 is 17.1 Å². The Balaban J connectivity index is 1.11. The Bertz CT molecular complexity index is 1160. The van der Waals surface area contributed by atoms with Gasteiger partial charge in [0.2, 0.25) is 0 Å². The van der Waals surface area contributed by atoms with Crippen LogP contribution in [-0.2, 0) is 17.6 Å². The van der Waals surface area contributed by atoms with E-state index in [1.165, 1.54) is 11.3 Å². The van der Waals surface area contributed by atoms with Crippen molar-refractivity contribution in [1.29, 1.82) is 0 Å². The van der Waals surface area contributed by atoms with Gasteiger partial charge in [-0.3, -0.25) is 0 Å². The molecule has 1 unspecified atom stereocenters. The summed E-state index contributed by atoms with van der Waals surface area (Å²) in [6.45, 7) is 3.38. The van der Waals surface area contributed by atoms with Gasteiger partial charge < -0.3 is 19.9 Å². The standard InChI is InChI=1S/C26H29BrCl2N2O4S2/c27-23-24(26(29)36-25(23)28)37(33)31-12-10-18(11-13-31)14-30-15-20(32)17-35-22-8-6-21(7-9-22)34-16-19-4-2-1-3-5-19/h1-9,18,20,30,32H,10-17H2/t20-,37?/m0/s1. The third-order valence-electron chi connectivity index (χ3n) is 6.04. The summed E-state index contributed by atoms with van der Waals surface area (Å²) in [5.41, 5.74) is 1.11. The number of thiophene rings is 1. The third kappa shape index (κ3) is 8.41. The predicted octanol–water partition coefficient (Wildman–Crippen LogP) is 6.16. The van der Waals surface area contributed by atoms with Crippen molar-refractivity contribution in [2.24, 2.45) is 5.92 Å². The molecule has 2 heterocycles. The number of aliphatic hydroxyl groups excluding tert-OH is 1. The largest absolute Gasteiger partial charge is 0.491 e. The van der Waals surface area contributed by atoms with Gasteiger partial charge in [-0.2, -0.15) is 0 Å². The van der Waals surface area contributed by atoms with Crippen LogP contribution in [0.1, 0.15) is 18.4 Å². The highest BCUT2D eigenvalue weighted by Crippen LogP contribution is 2.43. The Labute approximate surface area is 242 Å². The van der Waals surface area contributed by atoms with E-state index in [1.807, 2.05) is 58.9 Å². The van der Waals surface area contributed by atoms with Crippen LogP contribution in [0.15, 0.2) is 64.0 Å². The van der Waals surface area contributed by atoms with E-state index in [9.17, 15) is 9.32 Å². The van der Waals surface area contributed by atoms with Crippen LogP contribution in [0.3, 0.4) is 0 Å². The van der Waals surface area contributed by atoms with Crippen molar-refractivity contribution in [3.63, 3.8) is 0 Å². The second-order valence-corrected chi connectivity index (χ2v) is 13.2. The molecule has 0 saturated carbocycles.